The van der Waals surface area contributed by atoms with E-state index in [0.29, 0.717) is 19.4 Å². The summed E-state index contributed by atoms with van der Waals surface area (Å²) >= 11 is 0. The number of hydrogen-bond acceptors (Lipinski definition) is 2. The summed E-state index contributed by atoms with van der Waals surface area (Å²) in [6, 6.07) is 19.8. The maximum absolute atomic E-state index is 12.5. The van der Waals surface area contributed by atoms with Crippen LogP contribution in [0.15, 0.2) is 60.7 Å². The molecule has 154 valence electrons. The number of urea groups is 1. The topological polar surface area (TPSA) is 61.4 Å². The molecule has 0 fully saturated rings. The minimum atomic E-state index is -0.238. The van der Waals surface area contributed by atoms with Gasteiger partial charge in [0.1, 0.15) is 0 Å². The highest BCUT2D eigenvalue weighted by Gasteiger charge is 2.23. The zero-order valence-electron chi connectivity index (χ0n) is 17.3. The van der Waals surface area contributed by atoms with Crippen molar-refractivity contribution in [3.05, 3.63) is 71.8 Å². The van der Waals surface area contributed by atoms with E-state index in [4.69, 9.17) is 0 Å². The van der Waals surface area contributed by atoms with Crippen LogP contribution >= 0.6 is 0 Å². The molecule has 3 aromatic rings. The number of nitrogens with zero attached hydrogens (tertiary/aromatic N) is 1. The van der Waals surface area contributed by atoms with E-state index in [0.717, 1.165) is 52.7 Å². The van der Waals surface area contributed by atoms with Gasteiger partial charge < -0.3 is 15.5 Å². The molecule has 0 atom stereocenters. The molecule has 4 rings (SSSR count). The lowest BCUT2D eigenvalue weighted by Gasteiger charge is -2.29. The molecule has 1 aliphatic rings. The number of fused-ring (bicyclic) bond motifs is 2. The number of carbonyl (C=O) groups is 2. The maximum atomic E-state index is 12.5. The summed E-state index contributed by atoms with van der Waals surface area (Å²) in [6.07, 6.45) is 3.27. The lowest BCUT2D eigenvalue weighted by molar-refractivity contribution is -0.118. The van der Waals surface area contributed by atoms with Crippen LogP contribution in [0.3, 0.4) is 0 Å². The Balaban J connectivity index is 1.42. The minimum Gasteiger partial charge on any atom is -0.334 e. The van der Waals surface area contributed by atoms with Crippen molar-refractivity contribution < 1.29 is 9.59 Å². The van der Waals surface area contributed by atoms with Crippen LogP contribution in [0.25, 0.3) is 10.8 Å². The molecule has 0 bridgehead atoms. The van der Waals surface area contributed by atoms with Crippen molar-refractivity contribution in [3.63, 3.8) is 0 Å². The Morgan fingerprint density at radius 3 is 2.73 bits per heavy atom. The molecule has 1 heterocycles. The molecule has 5 nitrogen and oxygen atoms in total. The molecule has 3 amide bonds. The van der Waals surface area contributed by atoms with Gasteiger partial charge in [-0.1, -0.05) is 55.8 Å². The summed E-state index contributed by atoms with van der Waals surface area (Å²) in [6.45, 7) is 3.33. The van der Waals surface area contributed by atoms with Gasteiger partial charge in [-0.15, -0.1) is 0 Å². The van der Waals surface area contributed by atoms with Gasteiger partial charge in [0, 0.05) is 30.9 Å². The van der Waals surface area contributed by atoms with Crippen molar-refractivity contribution in [1.82, 2.24) is 5.32 Å². The Morgan fingerprint density at radius 2 is 1.87 bits per heavy atom. The number of anilines is 2. The fourth-order valence-electron chi connectivity index (χ4n) is 4.00. The molecular weight excluding hydrogens is 374 g/mol. The van der Waals surface area contributed by atoms with Crippen LogP contribution in [0.4, 0.5) is 16.2 Å². The van der Waals surface area contributed by atoms with Gasteiger partial charge in [-0.25, -0.2) is 4.79 Å². The first-order valence-electron chi connectivity index (χ1n) is 10.6. The van der Waals surface area contributed by atoms with Crippen molar-refractivity contribution in [2.24, 2.45) is 0 Å². The largest absolute Gasteiger partial charge is 0.334 e. The Hall–Kier alpha value is -3.34. The standard InChI is InChI=1S/C25H27N3O2/c1-2-3-15-28-23-13-12-21(16-19(23)11-14-24(28)29)27-25(30)26-17-20-9-6-8-18-7-4-5-10-22(18)20/h4-10,12-13,16H,2-3,11,14-15,17H2,1H3,(H2,26,27,30). The van der Waals surface area contributed by atoms with Crippen LogP contribution in [0.5, 0.6) is 0 Å². The van der Waals surface area contributed by atoms with Crippen LogP contribution < -0.4 is 15.5 Å². The van der Waals surface area contributed by atoms with Gasteiger partial charge in [0.2, 0.25) is 5.91 Å². The van der Waals surface area contributed by atoms with E-state index < -0.39 is 0 Å². The molecule has 0 radical (unpaired) electrons. The molecule has 0 aliphatic carbocycles. The van der Waals surface area contributed by atoms with Crippen LogP contribution in [-0.2, 0) is 17.8 Å². The third-order valence-corrected chi connectivity index (χ3v) is 5.59. The summed E-state index contributed by atoms with van der Waals surface area (Å²) in [5, 5.41) is 8.18. The molecule has 0 unspecified atom stereocenters. The van der Waals surface area contributed by atoms with E-state index in [-0.39, 0.29) is 11.9 Å². The number of unbranched alkanes of at least 4 members (excludes halogenated alkanes) is 1. The second-order valence-corrected chi connectivity index (χ2v) is 7.69. The number of carbonyl (C=O) groups excluding carboxylic acids is 2. The summed E-state index contributed by atoms with van der Waals surface area (Å²) in [5.74, 6) is 0.185. The molecule has 0 saturated carbocycles. The Labute approximate surface area is 177 Å². The molecule has 0 saturated heterocycles. The number of hydrogen-bond donors (Lipinski definition) is 2. The van der Waals surface area contributed by atoms with Gasteiger partial charge in [0.05, 0.1) is 0 Å². The van der Waals surface area contributed by atoms with Crippen LogP contribution in [0.2, 0.25) is 0 Å². The van der Waals surface area contributed by atoms with Gasteiger partial charge in [0.25, 0.3) is 0 Å². The van der Waals surface area contributed by atoms with E-state index in [1.807, 2.05) is 47.4 Å². The van der Waals surface area contributed by atoms with E-state index in [1.165, 1.54) is 0 Å². The third-order valence-electron chi connectivity index (χ3n) is 5.59. The number of benzene rings is 3. The van der Waals surface area contributed by atoms with Crippen molar-refractivity contribution in [3.8, 4) is 0 Å². The molecule has 2 N–H and O–H groups in total. The second-order valence-electron chi connectivity index (χ2n) is 7.69. The Bertz CT molecular complexity index is 1070. The first kappa shape index (κ1) is 20.0. The van der Waals surface area contributed by atoms with Gasteiger partial charge >= 0.3 is 6.03 Å². The minimum absolute atomic E-state index is 0.185. The number of rotatable bonds is 6. The third kappa shape index (κ3) is 4.30. The summed E-state index contributed by atoms with van der Waals surface area (Å²) < 4.78 is 0. The Kier molecular flexibility index (Phi) is 5.98. The quantitative estimate of drug-likeness (QED) is 0.593. The lowest BCUT2D eigenvalue weighted by Crippen LogP contribution is -2.36. The number of aryl methyl sites for hydroxylation is 1. The summed E-state index contributed by atoms with van der Waals surface area (Å²) in [4.78, 5) is 26.6. The van der Waals surface area contributed by atoms with E-state index >= 15 is 0 Å². The first-order valence-corrected chi connectivity index (χ1v) is 10.6. The second kappa shape index (κ2) is 8.99. The average Bonchev–Trinajstić information content (AvgIpc) is 2.77. The highest BCUT2D eigenvalue weighted by molar-refractivity contribution is 5.97. The predicted octanol–water partition coefficient (Wildman–Crippen LogP) is 5.24. The molecule has 3 aromatic carbocycles. The van der Waals surface area contributed by atoms with Crippen molar-refractivity contribution in [2.75, 3.05) is 16.8 Å². The van der Waals surface area contributed by atoms with E-state index in [2.05, 4.69) is 35.8 Å². The van der Waals surface area contributed by atoms with Gasteiger partial charge in [-0.3, -0.25) is 4.79 Å². The van der Waals surface area contributed by atoms with E-state index in [9.17, 15) is 9.59 Å². The fourth-order valence-corrected chi connectivity index (χ4v) is 4.00. The first-order chi connectivity index (χ1) is 14.7. The predicted molar refractivity (Wildman–Crippen MR) is 122 cm³/mol. The molecule has 5 heteroatoms. The normalized spacial score (nSPS) is 13.2. The highest BCUT2D eigenvalue weighted by Crippen LogP contribution is 2.30. The van der Waals surface area contributed by atoms with Crippen molar-refractivity contribution >= 4 is 34.1 Å². The zero-order valence-corrected chi connectivity index (χ0v) is 17.3. The van der Waals surface area contributed by atoms with Gasteiger partial charge in [0.15, 0.2) is 0 Å². The molecule has 0 aromatic heterocycles. The molecular formula is C25H27N3O2. The molecule has 30 heavy (non-hydrogen) atoms. The lowest BCUT2D eigenvalue weighted by atomic mass is 10.00. The average molecular weight is 402 g/mol. The molecule has 1 aliphatic heterocycles. The SMILES string of the molecule is CCCCN1C(=O)CCc2cc(NC(=O)NCc3cccc4ccccc34)ccc21. The fraction of sp³-hybridized carbons (Fsp3) is 0.280. The van der Waals surface area contributed by atoms with Crippen LogP contribution in [0, 0.1) is 0 Å². The molecule has 0 spiro atoms. The van der Waals surface area contributed by atoms with Crippen LogP contribution in [-0.4, -0.2) is 18.5 Å². The smallest absolute Gasteiger partial charge is 0.319 e. The van der Waals surface area contributed by atoms with Gasteiger partial charge in [-0.05, 0) is 52.9 Å². The summed E-state index contributed by atoms with van der Waals surface area (Å²) in [5.41, 5.74) is 3.91. The monoisotopic (exact) mass is 401 g/mol. The zero-order chi connectivity index (χ0) is 20.9. The van der Waals surface area contributed by atoms with Crippen molar-refractivity contribution in [2.45, 2.75) is 39.2 Å². The van der Waals surface area contributed by atoms with Gasteiger partial charge in [-0.2, -0.15) is 0 Å². The van der Waals surface area contributed by atoms with E-state index in [1.54, 1.807) is 0 Å². The number of nitrogens with one attached hydrogen (secondary N) is 2. The van der Waals surface area contributed by atoms with Crippen molar-refractivity contribution in [1.29, 1.82) is 0 Å². The summed E-state index contributed by atoms with van der Waals surface area (Å²) in [7, 11) is 0. The van der Waals surface area contributed by atoms with Crippen LogP contribution in [0.1, 0.15) is 37.3 Å². The Morgan fingerprint density at radius 1 is 1.03 bits per heavy atom. The highest BCUT2D eigenvalue weighted by atomic mass is 16.2. The number of amides is 3. The maximum Gasteiger partial charge on any atom is 0.319 e.